The first kappa shape index (κ1) is 9.96. The van der Waals surface area contributed by atoms with Gasteiger partial charge in [0.15, 0.2) is 0 Å². The van der Waals surface area contributed by atoms with Gasteiger partial charge in [-0.2, -0.15) is 0 Å². The summed E-state index contributed by atoms with van der Waals surface area (Å²) in [6, 6.07) is 13.8. The van der Waals surface area contributed by atoms with Crippen LogP contribution < -0.4 is 11.3 Å². The molecule has 0 bridgehead atoms. The largest absolute Gasteiger partial charge is 0.464 e. The van der Waals surface area contributed by atoms with Crippen molar-refractivity contribution in [1.82, 2.24) is 5.43 Å². The highest BCUT2D eigenvalue weighted by Crippen LogP contribution is 2.22. The molecular formula is C12H14N2O. The van der Waals surface area contributed by atoms with Crippen molar-refractivity contribution in [3.8, 4) is 0 Å². The topological polar surface area (TPSA) is 51.2 Å². The van der Waals surface area contributed by atoms with Crippen molar-refractivity contribution < 1.29 is 4.42 Å². The van der Waals surface area contributed by atoms with Gasteiger partial charge in [-0.15, -0.1) is 0 Å². The molecule has 3 N–H and O–H groups in total. The van der Waals surface area contributed by atoms with Gasteiger partial charge < -0.3 is 4.42 Å². The SMILES string of the molecule is Cc1ccc(C(NN)c2ccccc2)o1. The lowest BCUT2D eigenvalue weighted by molar-refractivity contribution is 0.435. The Kier molecular flexibility index (Phi) is 2.85. The van der Waals surface area contributed by atoms with Crippen molar-refractivity contribution in [1.29, 1.82) is 0 Å². The fourth-order valence-electron chi connectivity index (χ4n) is 1.60. The van der Waals surface area contributed by atoms with Crippen molar-refractivity contribution in [2.45, 2.75) is 13.0 Å². The lowest BCUT2D eigenvalue weighted by atomic mass is 10.1. The summed E-state index contributed by atoms with van der Waals surface area (Å²) in [6.45, 7) is 1.92. The van der Waals surface area contributed by atoms with E-state index >= 15 is 0 Å². The van der Waals surface area contributed by atoms with Crippen LogP contribution >= 0.6 is 0 Å². The first-order valence-electron chi connectivity index (χ1n) is 4.88. The van der Waals surface area contributed by atoms with Crippen LogP contribution in [0.1, 0.15) is 23.1 Å². The Morgan fingerprint density at radius 3 is 2.40 bits per heavy atom. The summed E-state index contributed by atoms with van der Waals surface area (Å²) in [5.74, 6) is 7.26. The highest BCUT2D eigenvalue weighted by molar-refractivity contribution is 5.26. The molecule has 1 aromatic heterocycles. The molecule has 0 spiro atoms. The number of nitrogens with one attached hydrogen (secondary N) is 1. The number of aryl methyl sites for hydroxylation is 1. The molecule has 78 valence electrons. The molecule has 0 radical (unpaired) electrons. The molecule has 0 saturated carbocycles. The number of hydrazine groups is 1. The fourth-order valence-corrected chi connectivity index (χ4v) is 1.60. The van der Waals surface area contributed by atoms with E-state index in [1.165, 1.54) is 0 Å². The van der Waals surface area contributed by atoms with E-state index in [2.05, 4.69) is 5.43 Å². The van der Waals surface area contributed by atoms with Crippen LogP contribution in [0, 0.1) is 6.92 Å². The molecular weight excluding hydrogens is 188 g/mol. The van der Waals surface area contributed by atoms with E-state index in [1.54, 1.807) is 0 Å². The third-order valence-electron chi connectivity index (χ3n) is 2.35. The van der Waals surface area contributed by atoms with Crippen LogP contribution in [0.15, 0.2) is 46.9 Å². The van der Waals surface area contributed by atoms with E-state index in [0.29, 0.717) is 0 Å². The highest BCUT2D eigenvalue weighted by atomic mass is 16.3. The zero-order valence-electron chi connectivity index (χ0n) is 8.60. The van der Waals surface area contributed by atoms with Crippen molar-refractivity contribution >= 4 is 0 Å². The minimum Gasteiger partial charge on any atom is -0.464 e. The number of hydrogen-bond acceptors (Lipinski definition) is 3. The number of hydrogen-bond donors (Lipinski definition) is 2. The lowest BCUT2D eigenvalue weighted by Gasteiger charge is -2.13. The van der Waals surface area contributed by atoms with Gasteiger partial charge in [0.2, 0.25) is 0 Å². The van der Waals surface area contributed by atoms with Crippen LogP contribution in [0.5, 0.6) is 0 Å². The molecule has 1 aromatic carbocycles. The highest BCUT2D eigenvalue weighted by Gasteiger charge is 2.14. The van der Waals surface area contributed by atoms with E-state index in [1.807, 2.05) is 49.4 Å². The zero-order chi connectivity index (χ0) is 10.7. The van der Waals surface area contributed by atoms with Gasteiger partial charge in [-0.25, -0.2) is 5.43 Å². The Morgan fingerprint density at radius 2 is 1.87 bits per heavy atom. The average Bonchev–Trinajstić information content (AvgIpc) is 2.68. The zero-order valence-corrected chi connectivity index (χ0v) is 8.60. The second kappa shape index (κ2) is 4.29. The van der Waals surface area contributed by atoms with Crippen LogP contribution in [-0.4, -0.2) is 0 Å². The van der Waals surface area contributed by atoms with Crippen LogP contribution in [0.3, 0.4) is 0 Å². The number of benzene rings is 1. The van der Waals surface area contributed by atoms with Gasteiger partial charge in [0.1, 0.15) is 17.6 Å². The molecule has 0 aliphatic carbocycles. The maximum absolute atomic E-state index is 5.55. The van der Waals surface area contributed by atoms with Gasteiger partial charge in [0, 0.05) is 0 Å². The second-order valence-corrected chi connectivity index (χ2v) is 3.46. The smallest absolute Gasteiger partial charge is 0.126 e. The molecule has 3 heteroatoms. The molecule has 0 aliphatic heterocycles. The van der Waals surface area contributed by atoms with Crippen LogP contribution in [0.4, 0.5) is 0 Å². The van der Waals surface area contributed by atoms with Crippen molar-refractivity contribution in [3.05, 3.63) is 59.5 Å². The molecule has 0 fully saturated rings. The summed E-state index contributed by atoms with van der Waals surface area (Å²) >= 11 is 0. The van der Waals surface area contributed by atoms with Crippen LogP contribution in [-0.2, 0) is 0 Å². The third kappa shape index (κ3) is 2.09. The minimum atomic E-state index is -0.0834. The van der Waals surface area contributed by atoms with Gasteiger partial charge in [-0.3, -0.25) is 5.84 Å². The van der Waals surface area contributed by atoms with Gasteiger partial charge in [-0.05, 0) is 24.6 Å². The number of furan rings is 1. The van der Waals surface area contributed by atoms with Crippen LogP contribution in [0.25, 0.3) is 0 Å². The Bertz CT molecular complexity index is 422. The quantitative estimate of drug-likeness (QED) is 0.592. The van der Waals surface area contributed by atoms with Crippen molar-refractivity contribution in [2.24, 2.45) is 5.84 Å². The van der Waals surface area contributed by atoms with Crippen molar-refractivity contribution in [2.75, 3.05) is 0 Å². The van der Waals surface area contributed by atoms with Gasteiger partial charge in [0.25, 0.3) is 0 Å². The monoisotopic (exact) mass is 202 g/mol. The summed E-state index contributed by atoms with van der Waals surface area (Å²) in [7, 11) is 0. The minimum absolute atomic E-state index is 0.0834. The van der Waals surface area contributed by atoms with Crippen LogP contribution in [0.2, 0.25) is 0 Å². The van der Waals surface area contributed by atoms with E-state index < -0.39 is 0 Å². The molecule has 15 heavy (non-hydrogen) atoms. The molecule has 2 rings (SSSR count). The predicted octanol–water partition coefficient (Wildman–Crippen LogP) is 2.14. The Hall–Kier alpha value is -1.58. The first-order chi connectivity index (χ1) is 7.31. The Morgan fingerprint density at radius 1 is 1.13 bits per heavy atom. The predicted molar refractivity (Wildman–Crippen MR) is 59.1 cm³/mol. The number of rotatable bonds is 3. The summed E-state index contributed by atoms with van der Waals surface area (Å²) in [6.07, 6.45) is 0. The Labute approximate surface area is 88.9 Å². The number of nitrogens with two attached hydrogens (primary N) is 1. The second-order valence-electron chi connectivity index (χ2n) is 3.46. The summed E-state index contributed by atoms with van der Waals surface area (Å²) in [5, 5.41) is 0. The lowest BCUT2D eigenvalue weighted by Crippen LogP contribution is -2.28. The molecule has 1 heterocycles. The van der Waals surface area contributed by atoms with Gasteiger partial charge in [-0.1, -0.05) is 30.3 Å². The van der Waals surface area contributed by atoms with E-state index in [-0.39, 0.29) is 6.04 Å². The maximum Gasteiger partial charge on any atom is 0.126 e. The molecule has 0 saturated heterocycles. The molecule has 1 atom stereocenters. The molecule has 3 nitrogen and oxygen atoms in total. The van der Waals surface area contributed by atoms with Gasteiger partial charge in [0.05, 0.1) is 0 Å². The van der Waals surface area contributed by atoms with E-state index in [4.69, 9.17) is 10.3 Å². The van der Waals surface area contributed by atoms with Crippen molar-refractivity contribution in [3.63, 3.8) is 0 Å². The standard InChI is InChI=1S/C12H14N2O/c1-9-7-8-11(15-9)12(14-13)10-5-3-2-4-6-10/h2-8,12,14H,13H2,1H3. The third-order valence-corrected chi connectivity index (χ3v) is 2.35. The van der Waals surface area contributed by atoms with E-state index in [9.17, 15) is 0 Å². The molecule has 0 amide bonds. The normalized spacial score (nSPS) is 12.7. The summed E-state index contributed by atoms with van der Waals surface area (Å²) in [5.41, 5.74) is 3.85. The maximum atomic E-state index is 5.55. The van der Waals surface area contributed by atoms with E-state index in [0.717, 1.165) is 17.1 Å². The summed E-state index contributed by atoms with van der Waals surface area (Å²) in [4.78, 5) is 0. The first-order valence-corrected chi connectivity index (χ1v) is 4.88. The average molecular weight is 202 g/mol. The fraction of sp³-hybridized carbons (Fsp3) is 0.167. The molecule has 0 aliphatic rings. The molecule has 2 aromatic rings. The molecule has 1 unspecified atom stereocenters. The van der Waals surface area contributed by atoms with Gasteiger partial charge >= 0.3 is 0 Å². The Balaban J connectivity index is 2.33. The summed E-state index contributed by atoms with van der Waals surface area (Å²) < 4.78 is 5.55.